The lowest BCUT2D eigenvalue weighted by molar-refractivity contribution is 0.0954. The highest BCUT2D eigenvalue weighted by Crippen LogP contribution is 2.30. The summed E-state index contributed by atoms with van der Waals surface area (Å²) in [6, 6.07) is 3.77. The van der Waals surface area contributed by atoms with Crippen LogP contribution in [0.2, 0.25) is 0 Å². The van der Waals surface area contributed by atoms with Gasteiger partial charge >= 0.3 is 0 Å². The lowest BCUT2D eigenvalue weighted by atomic mass is 10.2. The topological polar surface area (TPSA) is 81.2 Å². The van der Waals surface area contributed by atoms with Crippen LogP contribution in [0.25, 0.3) is 10.6 Å². The number of nitrogens with one attached hydrogen (secondary N) is 1. The molecular weight excluding hydrogens is 250 g/mol. The molecule has 2 aromatic heterocycles. The van der Waals surface area contributed by atoms with Crippen molar-refractivity contribution in [1.29, 1.82) is 0 Å². The number of rotatable bonds is 5. The first kappa shape index (κ1) is 12.6. The van der Waals surface area contributed by atoms with Crippen LogP contribution in [0.3, 0.4) is 0 Å². The van der Waals surface area contributed by atoms with Gasteiger partial charge in [-0.3, -0.25) is 4.79 Å². The first-order chi connectivity index (χ1) is 8.74. The number of carbonyl (C=O) groups excluding carboxylic acids is 1. The Kier molecular flexibility index (Phi) is 3.99. The van der Waals surface area contributed by atoms with Crippen LogP contribution in [-0.2, 0) is 0 Å². The SMILES string of the molecule is CCCCNC(=O)c1c(-c2cccs2)noc1N. The van der Waals surface area contributed by atoms with E-state index in [2.05, 4.69) is 17.4 Å². The zero-order valence-electron chi connectivity index (χ0n) is 10.1. The van der Waals surface area contributed by atoms with Gasteiger partial charge in [0.05, 0.1) is 4.88 Å². The lowest BCUT2D eigenvalue weighted by Gasteiger charge is -2.03. The number of amides is 1. The molecule has 2 heterocycles. The summed E-state index contributed by atoms with van der Waals surface area (Å²) >= 11 is 1.49. The number of unbranched alkanes of at least 4 members (excludes halogenated alkanes) is 1. The van der Waals surface area contributed by atoms with Crippen LogP contribution >= 0.6 is 11.3 Å². The van der Waals surface area contributed by atoms with E-state index in [9.17, 15) is 4.79 Å². The molecule has 18 heavy (non-hydrogen) atoms. The van der Waals surface area contributed by atoms with E-state index in [1.54, 1.807) is 0 Å². The summed E-state index contributed by atoms with van der Waals surface area (Å²) in [5.41, 5.74) is 6.51. The van der Waals surface area contributed by atoms with Gasteiger partial charge in [-0.15, -0.1) is 11.3 Å². The minimum atomic E-state index is -0.231. The Morgan fingerprint density at radius 3 is 3.11 bits per heavy atom. The molecule has 0 radical (unpaired) electrons. The molecule has 0 fully saturated rings. The molecule has 0 aliphatic heterocycles. The number of carbonyl (C=O) groups is 1. The Hall–Kier alpha value is -1.82. The number of thiophene rings is 1. The fourth-order valence-electron chi connectivity index (χ4n) is 1.57. The predicted molar refractivity (Wildman–Crippen MR) is 71.5 cm³/mol. The minimum absolute atomic E-state index is 0.0624. The molecule has 0 unspecified atom stereocenters. The maximum Gasteiger partial charge on any atom is 0.259 e. The van der Waals surface area contributed by atoms with Crippen molar-refractivity contribution in [1.82, 2.24) is 10.5 Å². The summed E-state index contributed by atoms with van der Waals surface area (Å²) in [4.78, 5) is 12.9. The second-order valence-electron chi connectivity index (χ2n) is 3.86. The first-order valence-corrected chi connectivity index (χ1v) is 6.69. The van der Waals surface area contributed by atoms with Crippen molar-refractivity contribution < 1.29 is 9.32 Å². The number of nitrogens with two attached hydrogens (primary N) is 1. The summed E-state index contributed by atoms with van der Waals surface area (Å²) in [5.74, 6) is -0.169. The zero-order chi connectivity index (χ0) is 13.0. The molecule has 0 aliphatic carbocycles. The van der Waals surface area contributed by atoms with E-state index in [-0.39, 0.29) is 11.8 Å². The molecule has 1 amide bonds. The van der Waals surface area contributed by atoms with Gasteiger partial charge in [-0.2, -0.15) is 0 Å². The molecule has 2 aromatic rings. The minimum Gasteiger partial charge on any atom is -0.367 e. The molecule has 0 saturated heterocycles. The van der Waals surface area contributed by atoms with Crippen LogP contribution in [-0.4, -0.2) is 17.6 Å². The van der Waals surface area contributed by atoms with Crippen LogP contribution in [0.15, 0.2) is 22.0 Å². The number of nitrogen functional groups attached to an aromatic ring is 1. The summed E-state index contributed by atoms with van der Waals surface area (Å²) in [6.07, 6.45) is 1.96. The van der Waals surface area contributed by atoms with Crippen molar-refractivity contribution >= 4 is 23.1 Å². The monoisotopic (exact) mass is 265 g/mol. The van der Waals surface area contributed by atoms with Gasteiger partial charge in [-0.25, -0.2) is 0 Å². The molecule has 0 atom stereocenters. The second-order valence-corrected chi connectivity index (χ2v) is 4.80. The van der Waals surface area contributed by atoms with Crippen molar-refractivity contribution in [3.05, 3.63) is 23.1 Å². The van der Waals surface area contributed by atoms with E-state index in [1.165, 1.54) is 11.3 Å². The van der Waals surface area contributed by atoms with E-state index in [0.29, 0.717) is 17.8 Å². The molecule has 0 saturated carbocycles. The summed E-state index contributed by atoms with van der Waals surface area (Å²) < 4.78 is 4.92. The highest BCUT2D eigenvalue weighted by atomic mass is 32.1. The Labute approximate surface area is 109 Å². The third kappa shape index (κ3) is 2.53. The Morgan fingerprint density at radius 1 is 1.61 bits per heavy atom. The van der Waals surface area contributed by atoms with Gasteiger partial charge in [0.15, 0.2) is 0 Å². The van der Waals surface area contributed by atoms with Gasteiger partial charge < -0.3 is 15.6 Å². The average molecular weight is 265 g/mol. The van der Waals surface area contributed by atoms with Gasteiger partial charge in [0.1, 0.15) is 11.3 Å². The molecule has 0 aromatic carbocycles. The van der Waals surface area contributed by atoms with Crippen molar-refractivity contribution in [2.45, 2.75) is 19.8 Å². The molecular formula is C12H15N3O2S. The number of anilines is 1. The Bertz CT molecular complexity index is 519. The zero-order valence-corrected chi connectivity index (χ0v) is 10.9. The third-order valence-electron chi connectivity index (χ3n) is 2.52. The van der Waals surface area contributed by atoms with E-state index in [0.717, 1.165) is 17.7 Å². The second kappa shape index (κ2) is 5.68. The molecule has 0 aliphatic rings. The summed E-state index contributed by atoms with van der Waals surface area (Å²) in [6.45, 7) is 2.70. The van der Waals surface area contributed by atoms with Gasteiger partial charge in [0, 0.05) is 6.54 Å². The molecule has 96 valence electrons. The number of hydrogen-bond donors (Lipinski definition) is 2. The van der Waals surface area contributed by atoms with Gasteiger partial charge in [0.2, 0.25) is 5.88 Å². The lowest BCUT2D eigenvalue weighted by Crippen LogP contribution is -2.25. The number of nitrogens with zero attached hydrogens (tertiary/aromatic N) is 1. The van der Waals surface area contributed by atoms with Crippen molar-refractivity contribution in [2.75, 3.05) is 12.3 Å². The fourth-order valence-corrected chi connectivity index (χ4v) is 2.28. The molecule has 0 spiro atoms. The summed E-state index contributed by atoms with van der Waals surface area (Å²) in [5, 5.41) is 8.59. The quantitative estimate of drug-likeness (QED) is 0.814. The van der Waals surface area contributed by atoms with Crippen LogP contribution in [0.5, 0.6) is 0 Å². The molecule has 5 nitrogen and oxygen atoms in total. The number of hydrogen-bond acceptors (Lipinski definition) is 5. The van der Waals surface area contributed by atoms with Crippen LogP contribution in [0, 0.1) is 0 Å². The average Bonchev–Trinajstić information content (AvgIpc) is 2.97. The molecule has 0 bridgehead atoms. The third-order valence-corrected chi connectivity index (χ3v) is 3.39. The standard InChI is InChI=1S/C12H15N3O2S/c1-2-3-6-14-12(16)9-10(15-17-11(9)13)8-5-4-7-18-8/h4-5,7H,2-3,6,13H2,1H3,(H,14,16). The van der Waals surface area contributed by atoms with Crippen molar-refractivity contribution in [3.63, 3.8) is 0 Å². The highest BCUT2D eigenvalue weighted by molar-refractivity contribution is 7.13. The predicted octanol–water partition coefficient (Wildman–Crippen LogP) is 2.52. The highest BCUT2D eigenvalue weighted by Gasteiger charge is 2.22. The normalized spacial score (nSPS) is 10.5. The Balaban J connectivity index is 2.22. The number of aromatic nitrogens is 1. The van der Waals surface area contributed by atoms with Crippen LogP contribution < -0.4 is 11.1 Å². The van der Waals surface area contributed by atoms with E-state index in [4.69, 9.17) is 10.3 Å². The van der Waals surface area contributed by atoms with Gasteiger partial charge in [0.25, 0.3) is 5.91 Å². The van der Waals surface area contributed by atoms with Crippen molar-refractivity contribution in [2.24, 2.45) is 0 Å². The van der Waals surface area contributed by atoms with Crippen LogP contribution in [0.4, 0.5) is 5.88 Å². The van der Waals surface area contributed by atoms with E-state index >= 15 is 0 Å². The van der Waals surface area contributed by atoms with Gasteiger partial charge in [-0.05, 0) is 17.9 Å². The van der Waals surface area contributed by atoms with Crippen molar-refractivity contribution in [3.8, 4) is 10.6 Å². The maximum absolute atomic E-state index is 12.0. The van der Waals surface area contributed by atoms with Gasteiger partial charge in [-0.1, -0.05) is 24.6 Å². The summed E-state index contributed by atoms with van der Waals surface area (Å²) in [7, 11) is 0. The smallest absolute Gasteiger partial charge is 0.259 e. The largest absolute Gasteiger partial charge is 0.367 e. The Morgan fingerprint density at radius 2 is 2.44 bits per heavy atom. The van der Waals surface area contributed by atoms with E-state index in [1.807, 2.05) is 17.5 Å². The molecule has 2 rings (SSSR count). The maximum atomic E-state index is 12.0. The molecule has 3 N–H and O–H groups in total. The first-order valence-electron chi connectivity index (χ1n) is 5.81. The molecule has 6 heteroatoms. The van der Waals surface area contributed by atoms with E-state index < -0.39 is 0 Å². The van der Waals surface area contributed by atoms with Crippen LogP contribution in [0.1, 0.15) is 30.1 Å². The fraction of sp³-hybridized carbons (Fsp3) is 0.333.